The maximum Gasteiger partial charge on any atom is 0.163 e. The number of hydrogen-bond donors (Lipinski definition) is 0. The number of nitrogens with zero attached hydrogens (tertiary/aromatic N) is 5. The van der Waals surface area contributed by atoms with Gasteiger partial charge in [0.1, 0.15) is 34.9 Å². The van der Waals surface area contributed by atoms with Crippen molar-refractivity contribution in [1.29, 1.82) is 0 Å². The lowest BCUT2D eigenvalue weighted by Crippen LogP contribution is -2.32. The summed E-state index contributed by atoms with van der Waals surface area (Å²) in [5, 5.41) is 7.98. The quantitative estimate of drug-likeness (QED) is 0.312. The van der Waals surface area contributed by atoms with Gasteiger partial charge in [0.2, 0.25) is 0 Å². The van der Waals surface area contributed by atoms with Crippen molar-refractivity contribution >= 4 is 9.84 Å². The molecule has 0 N–H and O–H groups in total. The predicted octanol–water partition coefficient (Wildman–Crippen LogP) is 4.14. The van der Waals surface area contributed by atoms with Gasteiger partial charge >= 0.3 is 0 Å². The van der Waals surface area contributed by atoms with E-state index in [1.807, 2.05) is 26.8 Å². The van der Waals surface area contributed by atoms with E-state index < -0.39 is 26.9 Å². The molecule has 0 spiro atoms. The van der Waals surface area contributed by atoms with E-state index in [1.54, 1.807) is 57.3 Å². The maximum absolute atomic E-state index is 14.0. The van der Waals surface area contributed by atoms with Crippen molar-refractivity contribution < 1.29 is 27.4 Å². The van der Waals surface area contributed by atoms with Crippen LogP contribution in [0.2, 0.25) is 0 Å². The first-order chi connectivity index (χ1) is 19.1. The summed E-state index contributed by atoms with van der Waals surface area (Å²) in [6, 6.07) is 5.41. The topological polar surface area (TPSA) is 128 Å². The lowest BCUT2D eigenvalue weighted by Gasteiger charge is -2.25. The third kappa shape index (κ3) is 6.13. The Labute approximate surface area is 236 Å². The standard InChI is InChI=1S/C28H39N5O6S/c1-17(2)39-26(27-29-14-18(3)15-30-27)19(4)40(34,35)16-24-31-32-28(20-10-8-11-21(20)36-5)33(24)25-22(37-6)12-9-13-23(25)38-7/h9,12-15,17,19-21,26H,8,10-11,16H2,1-7H3/t19-,20-,21+,26+/m0/s1. The van der Waals surface area contributed by atoms with Crippen molar-refractivity contribution in [2.75, 3.05) is 21.3 Å². The molecular weight excluding hydrogens is 534 g/mol. The number of aryl methyl sites for hydroxylation is 1. The molecule has 0 radical (unpaired) electrons. The molecule has 12 heteroatoms. The molecule has 2 heterocycles. The SMILES string of the molecule is COc1cccc(OC)c1-n1c(CS(=O)(=O)[C@@H](C)[C@@H](OC(C)C)c2ncc(C)cn2)nnc1[C@H]1CCC[C@H]1OC. The lowest BCUT2D eigenvalue weighted by atomic mass is 10.0. The second-order valence-electron chi connectivity index (χ2n) is 10.4. The number of rotatable bonds is 12. The summed E-state index contributed by atoms with van der Waals surface area (Å²) in [4.78, 5) is 8.75. The molecule has 1 fully saturated rings. The van der Waals surface area contributed by atoms with E-state index in [1.165, 1.54) is 0 Å². The van der Waals surface area contributed by atoms with E-state index in [9.17, 15) is 8.42 Å². The van der Waals surface area contributed by atoms with Gasteiger partial charge in [-0.3, -0.25) is 4.57 Å². The highest BCUT2D eigenvalue weighted by molar-refractivity contribution is 7.91. The molecule has 218 valence electrons. The molecule has 0 aliphatic heterocycles. The first-order valence-corrected chi connectivity index (χ1v) is 15.2. The number of benzene rings is 1. The molecule has 3 aromatic rings. The summed E-state index contributed by atoms with van der Waals surface area (Å²) in [6.07, 6.45) is 4.83. The molecule has 4 atom stereocenters. The van der Waals surface area contributed by atoms with Gasteiger partial charge in [-0.15, -0.1) is 10.2 Å². The van der Waals surface area contributed by atoms with Crippen molar-refractivity contribution in [3.8, 4) is 17.2 Å². The average Bonchev–Trinajstić information content (AvgIpc) is 3.57. The summed E-state index contributed by atoms with van der Waals surface area (Å²) < 4.78 is 53.0. The van der Waals surface area contributed by atoms with Gasteiger partial charge in [-0.25, -0.2) is 18.4 Å². The summed E-state index contributed by atoms with van der Waals surface area (Å²) >= 11 is 0. The summed E-state index contributed by atoms with van der Waals surface area (Å²) in [6.45, 7) is 7.20. The zero-order valence-electron chi connectivity index (χ0n) is 24.2. The number of sulfone groups is 1. The normalized spacial score (nSPS) is 19.1. The number of para-hydroxylation sites is 1. The van der Waals surface area contributed by atoms with Crippen molar-refractivity contribution in [1.82, 2.24) is 24.7 Å². The monoisotopic (exact) mass is 573 g/mol. The van der Waals surface area contributed by atoms with Gasteiger partial charge in [-0.1, -0.05) is 12.5 Å². The minimum absolute atomic E-state index is 0.0606. The fourth-order valence-electron chi connectivity index (χ4n) is 5.19. The van der Waals surface area contributed by atoms with Crippen LogP contribution in [0, 0.1) is 6.92 Å². The molecule has 4 rings (SSSR count). The van der Waals surface area contributed by atoms with Crippen LogP contribution in [0.3, 0.4) is 0 Å². The molecule has 0 bridgehead atoms. The fourth-order valence-corrected chi connectivity index (χ4v) is 6.56. The van der Waals surface area contributed by atoms with E-state index in [2.05, 4.69) is 20.2 Å². The molecule has 1 saturated carbocycles. The van der Waals surface area contributed by atoms with E-state index in [4.69, 9.17) is 18.9 Å². The van der Waals surface area contributed by atoms with Crippen LogP contribution in [-0.4, -0.2) is 71.9 Å². The first-order valence-electron chi connectivity index (χ1n) is 13.4. The van der Waals surface area contributed by atoms with Crippen molar-refractivity contribution in [2.24, 2.45) is 0 Å². The number of aromatic nitrogens is 5. The molecule has 40 heavy (non-hydrogen) atoms. The molecule has 0 unspecified atom stereocenters. The van der Waals surface area contributed by atoms with Crippen LogP contribution in [0.15, 0.2) is 30.6 Å². The molecular formula is C28H39N5O6S. The van der Waals surface area contributed by atoms with Gasteiger partial charge in [0.05, 0.1) is 31.7 Å². The Hall–Kier alpha value is -3.09. The maximum atomic E-state index is 14.0. The molecule has 1 aromatic carbocycles. The minimum Gasteiger partial charge on any atom is -0.494 e. The van der Waals surface area contributed by atoms with Crippen LogP contribution in [0.1, 0.15) is 75.1 Å². The molecule has 0 saturated heterocycles. The number of hydrogen-bond acceptors (Lipinski definition) is 10. The first kappa shape index (κ1) is 29.9. The minimum atomic E-state index is -3.86. The van der Waals surface area contributed by atoms with Crippen LogP contribution in [0.25, 0.3) is 5.69 Å². The zero-order chi connectivity index (χ0) is 29.0. The highest BCUT2D eigenvalue weighted by atomic mass is 32.2. The van der Waals surface area contributed by atoms with E-state index in [0.717, 1.165) is 24.8 Å². The summed E-state index contributed by atoms with van der Waals surface area (Å²) in [7, 11) is 0.945. The molecule has 1 aliphatic rings. The Bertz CT molecular complexity index is 1370. The summed E-state index contributed by atoms with van der Waals surface area (Å²) in [5.74, 6) is 1.73. The van der Waals surface area contributed by atoms with Crippen molar-refractivity contribution in [3.05, 3.63) is 53.6 Å². The van der Waals surface area contributed by atoms with Gasteiger partial charge in [0.15, 0.2) is 21.5 Å². The number of methoxy groups -OCH3 is 3. The Morgan fingerprint density at radius 2 is 1.65 bits per heavy atom. The highest BCUT2D eigenvalue weighted by Crippen LogP contribution is 2.41. The van der Waals surface area contributed by atoms with Crippen LogP contribution in [0.4, 0.5) is 0 Å². The van der Waals surface area contributed by atoms with Gasteiger partial charge in [0.25, 0.3) is 0 Å². The molecule has 11 nitrogen and oxygen atoms in total. The van der Waals surface area contributed by atoms with Gasteiger partial charge < -0.3 is 18.9 Å². The van der Waals surface area contributed by atoms with Crippen LogP contribution >= 0.6 is 0 Å². The van der Waals surface area contributed by atoms with E-state index >= 15 is 0 Å². The van der Waals surface area contributed by atoms with E-state index in [0.29, 0.717) is 28.8 Å². The Kier molecular flexibility index (Phi) is 9.42. The second kappa shape index (κ2) is 12.6. The smallest absolute Gasteiger partial charge is 0.163 e. The van der Waals surface area contributed by atoms with E-state index in [-0.39, 0.29) is 24.0 Å². The third-order valence-corrected chi connectivity index (χ3v) is 9.31. The van der Waals surface area contributed by atoms with Crippen molar-refractivity contribution in [3.63, 3.8) is 0 Å². The van der Waals surface area contributed by atoms with Gasteiger partial charge in [0, 0.05) is 25.4 Å². The fraction of sp³-hybridized carbons (Fsp3) is 0.571. The summed E-state index contributed by atoms with van der Waals surface area (Å²) in [5.41, 5.74) is 1.42. The Balaban J connectivity index is 1.81. The van der Waals surface area contributed by atoms with Crippen LogP contribution in [-0.2, 0) is 25.1 Å². The highest BCUT2D eigenvalue weighted by Gasteiger charge is 2.39. The largest absolute Gasteiger partial charge is 0.494 e. The molecule has 2 aromatic heterocycles. The zero-order valence-corrected chi connectivity index (χ0v) is 25.0. The lowest BCUT2D eigenvalue weighted by molar-refractivity contribution is 0.00141. The van der Waals surface area contributed by atoms with Gasteiger partial charge in [-0.05, 0) is 58.2 Å². The Morgan fingerprint density at radius 3 is 2.23 bits per heavy atom. The molecule has 0 amide bonds. The average molecular weight is 574 g/mol. The second-order valence-corrected chi connectivity index (χ2v) is 12.7. The third-order valence-electron chi connectivity index (χ3n) is 7.26. The van der Waals surface area contributed by atoms with Crippen LogP contribution in [0.5, 0.6) is 11.5 Å². The molecule has 1 aliphatic carbocycles. The predicted molar refractivity (Wildman–Crippen MR) is 150 cm³/mol. The van der Waals surface area contributed by atoms with Gasteiger partial charge in [-0.2, -0.15) is 0 Å². The van der Waals surface area contributed by atoms with Crippen LogP contribution < -0.4 is 9.47 Å². The number of ether oxygens (including phenoxy) is 4. The Morgan fingerprint density at radius 1 is 1.00 bits per heavy atom. The van der Waals surface area contributed by atoms with Crippen molar-refractivity contribution in [2.45, 2.75) is 82.2 Å².